The van der Waals surface area contributed by atoms with Crippen LogP contribution in [0.3, 0.4) is 0 Å². The predicted molar refractivity (Wildman–Crippen MR) is 90.7 cm³/mol. The Morgan fingerprint density at radius 1 is 1.00 bits per heavy atom. The minimum absolute atomic E-state index is 0.320. The van der Waals surface area contributed by atoms with E-state index in [9.17, 15) is 4.39 Å². The van der Waals surface area contributed by atoms with Crippen molar-refractivity contribution in [1.82, 2.24) is 19.9 Å². The number of hydrogen-bond acceptors (Lipinski definition) is 4. The van der Waals surface area contributed by atoms with Gasteiger partial charge < -0.3 is 0 Å². The summed E-state index contributed by atoms with van der Waals surface area (Å²) in [6, 6.07) is 12.9. The summed E-state index contributed by atoms with van der Waals surface area (Å²) < 4.78 is 13.5. The molecule has 4 nitrogen and oxygen atoms in total. The van der Waals surface area contributed by atoms with Crippen molar-refractivity contribution in [2.45, 2.75) is 6.92 Å². The molecule has 4 rings (SSSR count). The first-order valence-corrected chi connectivity index (χ1v) is 7.51. The first kappa shape index (κ1) is 14.4. The van der Waals surface area contributed by atoms with Crippen molar-refractivity contribution in [3.05, 3.63) is 72.7 Å². The minimum atomic E-state index is -0.320. The van der Waals surface area contributed by atoms with E-state index in [4.69, 9.17) is 0 Å². The summed E-state index contributed by atoms with van der Waals surface area (Å²) >= 11 is 0. The van der Waals surface area contributed by atoms with Crippen LogP contribution in [0, 0.1) is 12.7 Å². The molecule has 3 aromatic heterocycles. The Hall–Kier alpha value is -3.21. The number of rotatable bonds is 2. The first-order valence-electron chi connectivity index (χ1n) is 7.51. The van der Waals surface area contributed by atoms with E-state index in [1.54, 1.807) is 25.4 Å². The molecule has 0 bridgehead atoms. The van der Waals surface area contributed by atoms with E-state index in [0.29, 0.717) is 11.4 Å². The Labute approximate surface area is 138 Å². The van der Waals surface area contributed by atoms with Crippen LogP contribution in [0.5, 0.6) is 0 Å². The topological polar surface area (TPSA) is 51.6 Å². The molecular weight excluding hydrogens is 303 g/mol. The molecule has 0 atom stereocenters. The van der Waals surface area contributed by atoms with Gasteiger partial charge in [0.2, 0.25) is 0 Å². The average molecular weight is 316 g/mol. The highest BCUT2D eigenvalue weighted by Gasteiger charge is 2.12. The van der Waals surface area contributed by atoms with Crippen molar-refractivity contribution in [3.63, 3.8) is 0 Å². The molecule has 0 unspecified atom stereocenters. The van der Waals surface area contributed by atoms with Gasteiger partial charge in [-0.25, -0.2) is 19.3 Å². The van der Waals surface area contributed by atoms with Gasteiger partial charge in [-0.05, 0) is 42.8 Å². The fourth-order valence-corrected chi connectivity index (χ4v) is 2.67. The van der Waals surface area contributed by atoms with Crippen LogP contribution in [0.4, 0.5) is 4.39 Å². The summed E-state index contributed by atoms with van der Waals surface area (Å²) in [6.07, 6.45) is 5.02. The van der Waals surface area contributed by atoms with E-state index < -0.39 is 0 Å². The molecule has 0 amide bonds. The summed E-state index contributed by atoms with van der Waals surface area (Å²) in [5.41, 5.74) is 4.53. The Morgan fingerprint density at radius 2 is 1.92 bits per heavy atom. The molecule has 0 aliphatic heterocycles. The molecule has 0 spiro atoms. The van der Waals surface area contributed by atoms with Crippen LogP contribution < -0.4 is 0 Å². The number of benzene rings is 1. The van der Waals surface area contributed by atoms with E-state index in [1.165, 1.54) is 12.4 Å². The molecule has 116 valence electrons. The van der Waals surface area contributed by atoms with E-state index in [1.807, 2.05) is 30.3 Å². The van der Waals surface area contributed by atoms with Crippen LogP contribution in [0.2, 0.25) is 0 Å². The Morgan fingerprint density at radius 3 is 2.79 bits per heavy atom. The van der Waals surface area contributed by atoms with Gasteiger partial charge in [0.05, 0.1) is 22.6 Å². The molecule has 0 saturated heterocycles. The number of fused-ring (bicyclic) bond motifs is 1. The molecular formula is C19H13FN4. The standard InChI is InChI=1S/C19H13FN4/c1-12-16(20)5-7-18(24-12)19-15(3-2-8-22-19)13-4-6-17-14(9-13)10-21-11-23-17/h2-11H,1H3. The maximum Gasteiger partial charge on any atom is 0.144 e. The second kappa shape index (κ2) is 5.77. The third-order valence-corrected chi connectivity index (χ3v) is 3.89. The molecule has 0 radical (unpaired) electrons. The maximum absolute atomic E-state index is 13.5. The van der Waals surface area contributed by atoms with Gasteiger partial charge in [-0.15, -0.1) is 0 Å². The predicted octanol–water partition coefficient (Wildman–Crippen LogP) is 4.20. The maximum atomic E-state index is 13.5. The van der Waals surface area contributed by atoms with Crippen LogP contribution in [-0.4, -0.2) is 19.9 Å². The Balaban J connectivity index is 1.90. The van der Waals surface area contributed by atoms with E-state index in [2.05, 4.69) is 19.9 Å². The molecule has 3 heterocycles. The third-order valence-electron chi connectivity index (χ3n) is 3.89. The zero-order chi connectivity index (χ0) is 16.5. The highest BCUT2D eigenvalue weighted by Crippen LogP contribution is 2.31. The number of aromatic nitrogens is 4. The molecule has 0 aliphatic rings. The number of aryl methyl sites for hydroxylation is 1. The van der Waals surface area contributed by atoms with Gasteiger partial charge in [-0.3, -0.25) is 4.98 Å². The lowest BCUT2D eigenvalue weighted by molar-refractivity contribution is 0.610. The number of pyridine rings is 2. The average Bonchev–Trinajstić information content (AvgIpc) is 2.63. The molecule has 0 N–H and O–H groups in total. The van der Waals surface area contributed by atoms with Gasteiger partial charge in [-0.1, -0.05) is 12.1 Å². The van der Waals surface area contributed by atoms with E-state index in [-0.39, 0.29) is 5.82 Å². The zero-order valence-corrected chi connectivity index (χ0v) is 12.9. The summed E-state index contributed by atoms with van der Waals surface area (Å²) in [4.78, 5) is 17.1. The van der Waals surface area contributed by atoms with Crippen LogP contribution in [0.15, 0.2) is 61.2 Å². The van der Waals surface area contributed by atoms with Gasteiger partial charge in [0.25, 0.3) is 0 Å². The van der Waals surface area contributed by atoms with Gasteiger partial charge in [0.15, 0.2) is 0 Å². The fraction of sp³-hybridized carbons (Fsp3) is 0.0526. The largest absolute Gasteiger partial charge is 0.254 e. The summed E-state index contributed by atoms with van der Waals surface area (Å²) in [5, 5.41) is 0.952. The van der Waals surface area contributed by atoms with Crippen molar-refractivity contribution in [1.29, 1.82) is 0 Å². The SMILES string of the molecule is Cc1nc(-c2ncccc2-c2ccc3ncncc3c2)ccc1F. The van der Waals surface area contributed by atoms with Gasteiger partial charge in [0, 0.05) is 23.3 Å². The lowest BCUT2D eigenvalue weighted by atomic mass is 10.0. The molecule has 5 heteroatoms. The zero-order valence-electron chi connectivity index (χ0n) is 12.9. The van der Waals surface area contributed by atoms with E-state index >= 15 is 0 Å². The van der Waals surface area contributed by atoms with Crippen LogP contribution in [0.25, 0.3) is 33.4 Å². The molecule has 1 aromatic carbocycles. The van der Waals surface area contributed by atoms with Crippen molar-refractivity contribution in [3.8, 4) is 22.5 Å². The highest BCUT2D eigenvalue weighted by molar-refractivity contribution is 5.87. The molecule has 24 heavy (non-hydrogen) atoms. The second-order valence-corrected chi connectivity index (χ2v) is 5.46. The van der Waals surface area contributed by atoms with Gasteiger partial charge in [0.1, 0.15) is 12.1 Å². The molecule has 0 saturated carbocycles. The van der Waals surface area contributed by atoms with Gasteiger partial charge >= 0.3 is 0 Å². The summed E-state index contributed by atoms with van der Waals surface area (Å²) in [6.45, 7) is 1.65. The lowest BCUT2D eigenvalue weighted by Crippen LogP contribution is -1.95. The smallest absolute Gasteiger partial charge is 0.144 e. The number of nitrogens with zero attached hydrogens (tertiary/aromatic N) is 4. The first-order chi connectivity index (χ1) is 11.7. The Bertz CT molecular complexity index is 1050. The van der Waals surface area contributed by atoms with Crippen LogP contribution >= 0.6 is 0 Å². The van der Waals surface area contributed by atoms with E-state index in [0.717, 1.165) is 27.7 Å². The monoisotopic (exact) mass is 316 g/mol. The lowest BCUT2D eigenvalue weighted by Gasteiger charge is -2.10. The number of hydrogen-bond donors (Lipinski definition) is 0. The van der Waals surface area contributed by atoms with Crippen LogP contribution in [-0.2, 0) is 0 Å². The Kier molecular flexibility index (Phi) is 3.46. The third kappa shape index (κ3) is 2.50. The number of halogens is 1. The van der Waals surface area contributed by atoms with Crippen molar-refractivity contribution >= 4 is 10.9 Å². The van der Waals surface area contributed by atoms with Gasteiger partial charge in [-0.2, -0.15) is 0 Å². The van der Waals surface area contributed by atoms with Crippen molar-refractivity contribution < 1.29 is 4.39 Å². The fourth-order valence-electron chi connectivity index (χ4n) is 2.67. The minimum Gasteiger partial charge on any atom is -0.254 e. The second-order valence-electron chi connectivity index (χ2n) is 5.46. The highest BCUT2D eigenvalue weighted by atomic mass is 19.1. The summed E-state index contributed by atoms with van der Waals surface area (Å²) in [7, 11) is 0. The molecule has 0 fully saturated rings. The van der Waals surface area contributed by atoms with Crippen LogP contribution in [0.1, 0.15) is 5.69 Å². The normalized spacial score (nSPS) is 10.9. The molecule has 4 aromatic rings. The molecule has 0 aliphatic carbocycles. The van der Waals surface area contributed by atoms with Crippen molar-refractivity contribution in [2.24, 2.45) is 0 Å². The summed E-state index contributed by atoms with van der Waals surface area (Å²) in [5.74, 6) is -0.320. The quantitative estimate of drug-likeness (QED) is 0.556. The van der Waals surface area contributed by atoms with Crippen molar-refractivity contribution in [2.75, 3.05) is 0 Å².